The topological polar surface area (TPSA) is 55.3 Å². The van der Waals surface area contributed by atoms with Gasteiger partial charge in [-0.1, -0.05) is 0 Å². The molecule has 1 saturated heterocycles. The first-order valence-corrected chi connectivity index (χ1v) is 3.33. The summed E-state index contributed by atoms with van der Waals surface area (Å²) in [5, 5.41) is 0. The van der Waals surface area contributed by atoms with E-state index >= 15 is 0 Å². The van der Waals surface area contributed by atoms with Crippen molar-refractivity contribution >= 4 is 0 Å². The van der Waals surface area contributed by atoms with Gasteiger partial charge in [-0.2, -0.15) is 0 Å². The molecule has 0 atom stereocenters. The monoisotopic (exact) mass is 129 g/mol. The zero-order valence-corrected chi connectivity index (χ0v) is 6.09. The molecule has 0 aromatic carbocycles. The predicted molar refractivity (Wildman–Crippen MR) is 37.8 cm³/mol. The molecule has 0 bridgehead atoms. The van der Waals surface area contributed by atoms with Gasteiger partial charge in [-0.15, -0.1) is 0 Å². The zero-order chi connectivity index (χ0) is 7.07. The highest BCUT2D eigenvalue weighted by Crippen LogP contribution is 2.14. The molecule has 54 valence electrons. The Hall–Kier alpha value is -0.120. The van der Waals surface area contributed by atoms with Crippen LogP contribution in [0.2, 0.25) is 0 Å². The van der Waals surface area contributed by atoms with Crippen LogP contribution in [0.5, 0.6) is 0 Å². The van der Waals surface area contributed by atoms with Crippen molar-refractivity contribution < 1.29 is 0 Å². The van der Waals surface area contributed by atoms with Crippen molar-refractivity contribution in [2.24, 2.45) is 11.5 Å². The van der Waals surface area contributed by atoms with Gasteiger partial charge in [-0.3, -0.25) is 4.90 Å². The molecule has 0 amide bonds. The fourth-order valence-corrected chi connectivity index (χ4v) is 1.08. The van der Waals surface area contributed by atoms with Crippen molar-refractivity contribution in [3.63, 3.8) is 0 Å². The van der Waals surface area contributed by atoms with E-state index in [1.807, 2.05) is 0 Å². The second-order valence-electron chi connectivity index (χ2n) is 3.23. The minimum absolute atomic E-state index is 0.399. The molecular weight excluding hydrogens is 114 g/mol. The first-order valence-electron chi connectivity index (χ1n) is 3.33. The van der Waals surface area contributed by atoms with E-state index < -0.39 is 5.66 Å². The number of likely N-dealkylation sites (tertiary alicyclic amines) is 1. The molecule has 0 aromatic heterocycles. The van der Waals surface area contributed by atoms with Crippen LogP contribution in [-0.2, 0) is 0 Å². The Balaban J connectivity index is 2.27. The van der Waals surface area contributed by atoms with Crippen LogP contribution >= 0.6 is 0 Å². The third-order valence-electron chi connectivity index (χ3n) is 1.73. The van der Waals surface area contributed by atoms with E-state index in [0.717, 1.165) is 13.1 Å². The third-order valence-corrected chi connectivity index (χ3v) is 1.73. The number of nitrogens with zero attached hydrogens (tertiary/aromatic N) is 1. The van der Waals surface area contributed by atoms with E-state index in [1.165, 1.54) is 0 Å². The maximum atomic E-state index is 5.59. The van der Waals surface area contributed by atoms with Crippen LogP contribution in [0, 0.1) is 0 Å². The Morgan fingerprint density at radius 1 is 1.33 bits per heavy atom. The van der Waals surface area contributed by atoms with Crippen LogP contribution in [0.1, 0.15) is 13.8 Å². The third kappa shape index (κ3) is 1.41. The van der Waals surface area contributed by atoms with Crippen LogP contribution in [0.3, 0.4) is 0 Å². The fourth-order valence-electron chi connectivity index (χ4n) is 1.08. The minimum Gasteiger partial charge on any atom is -0.311 e. The molecule has 1 aliphatic heterocycles. The van der Waals surface area contributed by atoms with Gasteiger partial charge in [-0.25, -0.2) is 0 Å². The largest absolute Gasteiger partial charge is 0.311 e. The van der Waals surface area contributed by atoms with E-state index in [1.54, 1.807) is 0 Å². The van der Waals surface area contributed by atoms with Crippen LogP contribution in [0.4, 0.5) is 0 Å². The van der Waals surface area contributed by atoms with E-state index in [9.17, 15) is 0 Å². The standard InChI is InChI=1S/C6H15N3/c1-5(2)9-3-6(7,8)4-9/h5H,3-4,7-8H2,1-2H3. The van der Waals surface area contributed by atoms with Gasteiger partial charge in [0.05, 0.1) is 5.66 Å². The Morgan fingerprint density at radius 2 is 1.78 bits per heavy atom. The van der Waals surface area contributed by atoms with E-state index in [2.05, 4.69) is 18.7 Å². The highest BCUT2D eigenvalue weighted by atomic mass is 15.3. The lowest BCUT2D eigenvalue weighted by molar-refractivity contribution is 0.0462. The van der Waals surface area contributed by atoms with Crippen molar-refractivity contribution in [1.29, 1.82) is 0 Å². The molecule has 3 nitrogen and oxygen atoms in total. The molecule has 9 heavy (non-hydrogen) atoms. The Bertz CT molecular complexity index is 101. The smallest absolute Gasteiger partial charge is 0.0898 e. The Kier molecular flexibility index (Phi) is 1.50. The van der Waals surface area contributed by atoms with Gasteiger partial charge in [-0.05, 0) is 13.8 Å². The summed E-state index contributed by atoms with van der Waals surface area (Å²) >= 11 is 0. The molecule has 3 heteroatoms. The molecule has 1 fully saturated rings. The van der Waals surface area contributed by atoms with Crippen molar-refractivity contribution in [3.8, 4) is 0 Å². The lowest BCUT2D eigenvalue weighted by Crippen LogP contribution is -2.73. The number of hydrogen-bond donors (Lipinski definition) is 2. The molecule has 0 aromatic rings. The average molecular weight is 129 g/mol. The molecule has 1 heterocycles. The summed E-state index contributed by atoms with van der Waals surface area (Å²) in [7, 11) is 0. The summed E-state index contributed by atoms with van der Waals surface area (Å²) in [6, 6.07) is 0.588. The van der Waals surface area contributed by atoms with E-state index in [-0.39, 0.29) is 0 Å². The number of hydrogen-bond acceptors (Lipinski definition) is 3. The van der Waals surface area contributed by atoms with Gasteiger partial charge in [0.15, 0.2) is 0 Å². The first-order chi connectivity index (χ1) is 4.01. The molecule has 0 saturated carbocycles. The van der Waals surface area contributed by atoms with Gasteiger partial charge in [0.2, 0.25) is 0 Å². The van der Waals surface area contributed by atoms with Crippen molar-refractivity contribution in [2.75, 3.05) is 13.1 Å². The molecule has 4 N–H and O–H groups in total. The quantitative estimate of drug-likeness (QED) is 0.461. The molecule has 0 radical (unpaired) electrons. The highest BCUT2D eigenvalue weighted by Gasteiger charge is 2.36. The van der Waals surface area contributed by atoms with Crippen molar-refractivity contribution in [1.82, 2.24) is 4.90 Å². The summed E-state index contributed by atoms with van der Waals surface area (Å²) < 4.78 is 0. The fraction of sp³-hybridized carbons (Fsp3) is 1.00. The van der Waals surface area contributed by atoms with E-state index in [0.29, 0.717) is 6.04 Å². The molecular formula is C6H15N3. The molecule has 1 aliphatic rings. The van der Waals surface area contributed by atoms with Crippen LogP contribution in [0.25, 0.3) is 0 Å². The van der Waals surface area contributed by atoms with Crippen LogP contribution in [0.15, 0.2) is 0 Å². The van der Waals surface area contributed by atoms with Gasteiger partial charge < -0.3 is 11.5 Å². The maximum absolute atomic E-state index is 5.59. The second-order valence-corrected chi connectivity index (χ2v) is 3.23. The summed E-state index contributed by atoms with van der Waals surface area (Å²) in [5.74, 6) is 0. The normalized spacial score (nSPS) is 26.3. The van der Waals surface area contributed by atoms with Gasteiger partial charge in [0, 0.05) is 19.1 Å². The molecule has 1 rings (SSSR count). The number of rotatable bonds is 1. The molecule has 0 aliphatic carbocycles. The SMILES string of the molecule is CC(C)N1CC(N)(N)C1. The van der Waals surface area contributed by atoms with Gasteiger partial charge in [0.25, 0.3) is 0 Å². The summed E-state index contributed by atoms with van der Waals surface area (Å²) in [5.41, 5.74) is 10.8. The minimum atomic E-state index is -0.399. The Labute approximate surface area is 56.0 Å². The Morgan fingerprint density at radius 3 is 1.89 bits per heavy atom. The second kappa shape index (κ2) is 1.94. The zero-order valence-electron chi connectivity index (χ0n) is 6.09. The highest BCUT2D eigenvalue weighted by molar-refractivity contribution is 4.95. The molecule has 0 unspecified atom stereocenters. The van der Waals surface area contributed by atoms with Gasteiger partial charge >= 0.3 is 0 Å². The van der Waals surface area contributed by atoms with Crippen molar-refractivity contribution in [2.45, 2.75) is 25.6 Å². The predicted octanol–water partition coefficient (Wildman–Crippen LogP) is -0.676. The first kappa shape index (κ1) is 6.99. The number of nitrogens with two attached hydrogens (primary N) is 2. The van der Waals surface area contributed by atoms with E-state index in [4.69, 9.17) is 11.5 Å². The van der Waals surface area contributed by atoms with Crippen LogP contribution in [-0.4, -0.2) is 29.7 Å². The van der Waals surface area contributed by atoms with Crippen LogP contribution < -0.4 is 11.5 Å². The lowest BCUT2D eigenvalue weighted by atomic mass is 10.0. The average Bonchev–Trinajstić information content (AvgIpc) is 1.59. The lowest BCUT2D eigenvalue weighted by Gasteiger charge is -2.47. The van der Waals surface area contributed by atoms with Gasteiger partial charge in [0.1, 0.15) is 0 Å². The van der Waals surface area contributed by atoms with Crippen molar-refractivity contribution in [3.05, 3.63) is 0 Å². The maximum Gasteiger partial charge on any atom is 0.0898 e. The summed E-state index contributed by atoms with van der Waals surface area (Å²) in [6.45, 7) is 5.97. The summed E-state index contributed by atoms with van der Waals surface area (Å²) in [4.78, 5) is 2.25. The molecule has 0 spiro atoms. The summed E-state index contributed by atoms with van der Waals surface area (Å²) in [6.07, 6.45) is 0.